The zero-order valence-corrected chi connectivity index (χ0v) is 16.3. The summed E-state index contributed by atoms with van der Waals surface area (Å²) in [5.74, 6) is 0.348. The summed E-state index contributed by atoms with van der Waals surface area (Å²) in [5.41, 5.74) is 1.07. The van der Waals surface area contributed by atoms with Gasteiger partial charge in [-0.1, -0.05) is 0 Å². The lowest BCUT2D eigenvalue weighted by Gasteiger charge is -2.34. The minimum absolute atomic E-state index is 0.165. The van der Waals surface area contributed by atoms with E-state index in [0.717, 1.165) is 12.1 Å². The van der Waals surface area contributed by atoms with E-state index in [9.17, 15) is 14.4 Å². The summed E-state index contributed by atoms with van der Waals surface area (Å²) in [5, 5.41) is 0. The number of hydrogen-bond acceptors (Lipinski definition) is 7. The number of carbonyl (C=O) groups excluding carboxylic acids is 3. The standard InChI is InChI=1S/C18H26N6O4/c1-3-28-18(27)24-10-8-22(9-11-24)16(26)15-12-14(2)19-17(20-15)23-6-4-21(13-25)5-7-23/h12-13H,3-11H2,1-2H3. The summed E-state index contributed by atoms with van der Waals surface area (Å²) < 4.78 is 5.01. The lowest BCUT2D eigenvalue weighted by molar-refractivity contribution is -0.118. The Hall–Kier alpha value is -2.91. The average molecular weight is 390 g/mol. The van der Waals surface area contributed by atoms with Gasteiger partial charge in [-0.15, -0.1) is 0 Å². The van der Waals surface area contributed by atoms with Crippen LogP contribution in [0.25, 0.3) is 0 Å². The van der Waals surface area contributed by atoms with Gasteiger partial charge in [0.1, 0.15) is 5.69 Å². The number of rotatable bonds is 4. The zero-order valence-electron chi connectivity index (χ0n) is 16.3. The maximum atomic E-state index is 12.9. The Balaban J connectivity index is 1.65. The second-order valence-electron chi connectivity index (χ2n) is 6.80. The Morgan fingerprint density at radius 1 is 1.04 bits per heavy atom. The third-order valence-electron chi connectivity index (χ3n) is 4.90. The van der Waals surface area contributed by atoms with Crippen LogP contribution in [0.15, 0.2) is 6.07 Å². The van der Waals surface area contributed by atoms with Crippen molar-refractivity contribution < 1.29 is 19.1 Å². The van der Waals surface area contributed by atoms with Gasteiger partial charge in [-0.05, 0) is 19.9 Å². The molecule has 0 spiro atoms. The predicted octanol–water partition coefficient (Wildman–Crippen LogP) is -0.0223. The highest BCUT2D eigenvalue weighted by molar-refractivity contribution is 5.93. The van der Waals surface area contributed by atoms with Gasteiger partial charge in [0.25, 0.3) is 5.91 Å². The molecule has 10 nitrogen and oxygen atoms in total. The van der Waals surface area contributed by atoms with E-state index in [1.54, 1.807) is 27.7 Å². The molecule has 152 valence electrons. The Morgan fingerprint density at radius 3 is 2.29 bits per heavy atom. The largest absolute Gasteiger partial charge is 0.450 e. The van der Waals surface area contributed by atoms with Crippen molar-refractivity contribution in [3.63, 3.8) is 0 Å². The number of anilines is 1. The maximum absolute atomic E-state index is 12.9. The van der Waals surface area contributed by atoms with Gasteiger partial charge in [0, 0.05) is 58.1 Å². The van der Waals surface area contributed by atoms with E-state index in [1.807, 2.05) is 11.8 Å². The molecule has 0 radical (unpaired) electrons. The normalized spacial score (nSPS) is 17.5. The predicted molar refractivity (Wildman–Crippen MR) is 101 cm³/mol. The number of carbonyl (C=O) groups is 3. The quantitative estimate of drug-likeness (QED) is 0.666. The lowest BCUT2D eigenvalue weighted by atomic mass is 10.2. The fourth-order valence-corrected chi connectivity index (χ4v) is 3.30. The summed E-state index contributed by atoms with van der Waals surface area (Å²) in [6, 6.07) is 1.69. The van der Waals surface area contributed by atoms with E-state index >= 15 is 0 Å². The Morgan fingerprint density at radius 2 is 1.68 bits per heavy atom. The van der Waals surface area contributed by atoms with Gasteiger partial charge < -0.3 is 24.3 Å². The molecule has 0 atom stereocenters. The highest BCUT2D eigenvalue weighted by atomic mass is 16.6. The smallest absolute Gasteiger partial charge is 0.409 e. The number of aromatic nitrogens is 2. The minimum Gasteiger partial charge on any atom is -0.450 e. The van der Waals surface area contributed by atoms with Gasteiger partial charge in [0.05, 0.1) is 6.61 Å². The molecule has 0 bridgehead atoms. The highest BCUT2D eigenvalue weighted by Crippen LogP contribution is 2.15. The number of hydrogen-bond donors (Lipinski definition) is 0. The Bertz CT molecular complexity index is 727. The molecule has 0 N–H and O–H groups in total. The van der Waals surface area contributed by atoms with E-state index in [0.29, 0.717) is 70.6 Å². The Labute approximate surface area is 164 Å². The SMILES string of the molecule is CCOC(=O)N1CCN(C(=O)c2cc(C)nc(N3CCN(C=O)CC3)n2)CC1. The zero-order chi connectivity index (χ0) is 20.1. The summed E-state index contributed by atoms with van der Waals surface area (Å²) >= 11 is 0. The third-order valence-corrected chi connectivity index (χ3v) is 4.90. The molecular weight excluding hydrogens is 364 g/mol. The number of ether oxygens (including phenoxy) is 1. The van der Waals surface area contributed by atoms with Gasteiger partial charge in [-0.3, -0.25) is 9.59 Å². The van der Waals surface area contributed by atoms with Crippen molar-refractivity contribution in [2.75, 3.05) is 63.9 Å². The molecule has 1 aromatic rings. The van der Waals surface area contributed by atoms with Crippen LogP contribution >= 0.6 is 0 Å². The van der Waals surface area contributed by atoms with Crippen LogP contribution in [0, 0.1) is 6.92 Å². The van der Waals surface area contributed by atoms with Gasteiger partial charge in [-0.25, -0.2) is 14.8 Å². The highest BCUT2D eigenvalue weighted by Gasteiger charge is 2.27. The number of amides is 3. The van der Waals surface area contributed by atoms with Gasteiger partial charge in [-0.2, -0.15) is 0 Å². The van der Waals surface area contributed by atoms with Crippen molar-refractivity contribution in [1.82, 2.24) is 24.7 Å². The molecule has 0 saturated carbocycles. The Kier molecular flexibility index (Phi) is 6.27. The van der Waals surface area contributed by atoms with Crippen molar-refractivity contribution in [3.8, 4) is 0 Å². The average Bonchev–Trinajstić information content (AvgIpc) is 2.73. The number of nitrogens with zero attached hydrogens (tertiary/aromatic N) is 6. The molecule has 10 heteroatoms. The van der Waals surface area contributed by atoms with Crippen LogP contribution in [0.1, 0.15) is 23.1 Å². The molecular formula is C18H26N6O4. The summed E-state index contributed by atoms with van der Waals surface area (Å²) in [6.07, 6.45) is 0.503. The van der Waals surface area contributed by atoms with E-state index in [1.165, 1.54) is 0 Å². The van der Waals surface area contributed by atoms with Crippen LogP contribution in [0.4, 0.5) is 10.7 Å². The molecule has 1 aromatic heterocycles. The maximum Gasteiger partial charge on any atom is 0.409 e. The molecule has 0 aromatic carbocycles. The second kappa shape index (κ2) is 8.85. The minimum atomic E-state index is -0.343. The summed E-state index contributed by atoms with van der Waals surface area (Å²) in [6.45, 7) is 8.18. The van der Waals surface area contributed by atoms with E-state index in [-0.39, 0.29) is 12.0 Å². The first kappa shape index (κ1) is 19.8. The van der Waals surface area contributed by atoms with Crippen molar-refractivity contribution in [1.29, 1.82) is 0 Å². The van der Waals surface area contributed by atoms with Crippen molar-refractivity contribution in [2.24, 2.45) is 0 Å². The van der Waals surface area contributed by atoms with Crippen LogP contribution in [-0.2, 0) is 9.53 Å². The molecule has 3 amide bonds. The van der Waals surface area contributed by atoms with E-state index in [4.69, 9.17) is 4.74 Å². The molecule has 2 aliphatic rings. The van der Waals surface area contributed by atoms with Crippen molar-refractivity contribution >= 4 is 24.4 Å². The van der Waals surface area contributed by atoms with Crippen LogP contribution in [0.2, 0.25) is 0 Å². The lowest BCUT2D eigenvalue weighted by Crippen LogP contribution is -2.51. The first-order valence-electron chi connectivity index (χ1n) is 9.52. The summed E-state index contributed by atoms with van der Waals surface area (Å²) in [4.78, 5) is 51.5. The van der Waals surface area contributed by atoms with Gasteiger partial charge in [0.2, 0.25) is 12.4 Å². The summed E-state index contributed by atoms with van der Waals surface area (Å²) in [7, 11) is 0. The molecule has 3 rings (SSSR count). The van der Waals surface area contributed by atoms with Crippen LogP contribution < -0.4 is 4.90 Å². The molecule has 28 heavy (non-hydrogen) atoms. The molecule has 2 aliphatic heterocycles. The first-order valence-corrected chi connectivity index (χ1v) is 9.52. The van der Waals surface area contributed by atoms with Gasteiger partial charge in [0.15, 0.2) is 0 Å². The topological polar surface area (TPSA) is 99.2 Å². The third kappa shape index (κ3) is 4.49. The number of piperazine rings is 2. The van der Waals surface area contributed by atoms with E-state index < -0.39 is 0 Å². The second-order valence-corrected chi connectivity index (χ2v) is 6.80. The van der Waals surface area contributed by atoms with Crippen molar-refractivity contribution in [2.45, 2.75) is 13.8 Å². The van der Waals surface area contributed by atoms with E-state index in [2.05, 4.69) is 9.97 Å². The molecule has 2 fully saturated rings. The molecule has 0 unspecified atom stereocenters. The molecule has 2 saturated heterocycles. The van der Waals surface area contributed by atoms with Crippen LogP contribution in [0.5, 0.6) is 0 Å². The first-order chi connectivity index (χ1) is 13.5. The molecule has 3 heterocycles. The fraction of sp³-hybridized carbons (Fsp3) is 0.611. The van der Waals surface area contributed by atoms with Crippen LogP contribution in [-0.4, -0.2) is 102 Å². The molecule has 0 aliphatic carbocycles. The van der Waals surface area contributed by atoms with Gasteiger partial charge >= 0.3 is 6.09 Å². The van der Waals surface area contributed by atoms with Crippen LogP contribution in [0.3, 0.4) is 0 Å². The van der Waals surface area contributed by atoms with Crippen molar-refractivity contribution in [3.05, 3.63) is 17.5 Å². The number of aryl methyl sites for hydroxylation is 1. The fourth-order valence-electron chi connectivity index (χ4n) is 3.30. The monoisotopic (exact) mass is 390 g/mol.